The number of carbonyl (C=O) groups is 1. The molecule has 29 heavy (non-hydrogen) atoms. The lowest BCUT2D eigenvalue weighted by Gasteiger charge is -2.53. The second-order valence-corrected chi connectivity index (χ2v) is 9.72. The molecule has 0 spiro atoms. The molecule has 5 nitrogen and oxygen atoms in total. The highest BCUT2D eigenvalue weighted by Crippen LogP contribution is 2.41. The molecule has 1 aliphatic rings. The molecule has 1 unspecified atom stereocenters. The van der Waals surface area contributed by atoms with Crippen molar-refractivity contribution >= 4 is 5.97 Å². The zero-order chi connectivity index (χ0) is 22.0. The minimum atomic E-state index is -1.64. The van der Waals surface area contributed by atoms with Crippen molar-refractivity contribution in [3.63, 3.8) is 0 Å². The van der Waals surface area contributed by atoms with E-state index in [1.165, 1.54) is 0 Å². The first-order valence-corrected chi connectivity index (χ1v) is 10.8. The Hall–Kier alpha value is -1.43. The molecular weight excluding hydrogens is 366 g/mol. The summed E-state index contributed by atoms with van der Waals surface area (Å²) in [6, 6.07) is 5.75. The average molecular weight is 406 g/mol. The van der Waals surface area contributed by atoms with E-state index in [1.807, 2.05) is 39.0 Å². The van der Waals surface area contributed by atoms with E-state index in [-0.39, 0.29) is 23.6 Å². The highest BCUT2D eigenvalue weighted by Gasteiger charge is 2.49. The smallest absolute Gasteiger partial charge is 0.343 e. The highest BCUT2D eigenvalue weighted by atomic mass is 16.7. The van der Waals surface area contributed by atoms with Crippen LogP contribution in [0.4, 0.5) is 0 Å². The van der Waals surface area contributed by atoms with Crippen LogP contribution in [-0.4, -0.2) is 39.9 Å². The Morgan fingerprint density at radius 3 is 2.24 bits per heavy atom. The van der Waals surface area contributed by atoms with E-state index in [4.69, 9.17) is 9.57 Å². The maximum Gasteiger partial charge on any atom is 0.343 e. The first-order chi connectivity index (χ1) is 13.4. The van der Waals surface area contributed by atoms with Crippen molar-refractivity contribution in [1.29, 1.82) is 0 Å². The van der Waals surface area contributed by atoms with E-state index in [1.54, 1.807) is 0 Å². The zero-order valence-electron chi connectivity index (χ0n) is 19.5. The van der Waals surface area contributed by atoms with Gasteiger partial charge in [-0.2, -0.15) is 5.06 Å². The van der Waals surface area contributed by atoms with Crippen LogP contribution in [0.25, 0.3) is 0 Å². The van der Waals surface area contributed by atoms with Crippen LogP contribution in [0.15, 0.2) is 18.2 Å². The van der Waals surface area contributed by atoms with Crippen LogP contribution in [0.3, 0.4) is 0 Å². The van der Waals surface area contributed by atoms with Crippen molar-refractivity contribution in [2.24, 2.45) is 0 Å². The molecule has 1 fully saturated rings. The van der Waals surface area contributed by atoms with Crippen molar-refractivity contribution < 1.29 is 19.5 Å². The normalized spacial score (nSPS) is 21.6. The SMILES string of the molecule is CCCON1C(C)(C)CC(OC(=O)C(O)(CC)c2ccc(C)cc2C)CC1(C)C. The minimum Gasteiger partial charge on any atom is -0.460 e. The topological polar surface area (TPSA) is 59.0 Å². The van der Waals surface area contributed by atoms with Crippen LogP contribution < -0.4 is 0 Å². The number of carbonyl (C=O) groups excluding carboxylic acids is 1. The number of piperidine rings is 1. The van der Waals surface area contributed by atoms with Gasteiger partial charge in [-0.1, -0.05) is 37.6 Å². The Bertz CT molecular complexity index is 710. The molecule has 0 amide bonds. The average Bonchev–Trinajstić information content (AvgIpc) is 2.59. The Morgan fingerprint density at radius 2 is 1.76 bits per heavy atom. The van der Waals surface area contributed by atoms with Crippen molar-refractivity contribution in [1.82, 2.24) is 5.06 Å². The number of esters is 1. The van der Waals surface area contributed by atoms with Gasteiger partial charge >= 0.3 is 5.97 Å². The van der Waals surface area contributed by atoms with Gasteiger partial charge in [-0.3, -0.25) is 4.84 Å². The lowest BCUT2D eigenvalue weighted by molar-refractivity contribution is -0.294. The summed E-state index contributed by atoms with van der Waals surface area (Å²) in [5, 5.41) is 13.3. The third kappa shape index (κ3) is 5.01. The molecule has 1 atom stereocenters. The molecule has 1 saturated heterocycles. The number of hydroxylamine groups is 2. The monoisotopic (exact) mass is 405 g/mol. The van der Waals surface area contributed by atoms with Gasteiger partial charge < -0.3 is 9.84 Å². The van der Waals surface area contributed by atoms with E-state index in [0.29, 0.717) is 25.0 Å². The summed E-state index contributed by atoms with van der Waals surface area (Å²) in [6.45, 7) is 16.9. The summed E-state index contributed by atoms with van der Waals surface area (Å²) in [5.74, 6) is -0.563. The zero-order valence-corrected chi connectivity index (χ0v) is 19.5. The molecule has 1 aliphatic heterocycles. The Labute approximate surface area is 176 Å². The Morgan fingerprint density at radius 1 is 1.17 bits per heavy atom. The summed E-state index contributed by atoms with van der Waals surface area (Å²) < 4.78 is 5.94. The third-order valence-corrected chi connectivity index (χ3v) is 5.93. The van der Waals surface area contributed by atoms with Gasteiger partial charge in [0.1, 0.15) is 6.10 Å². The lowest BCUT2D eigenvalue weighted by atomic mass is 9.80. The summed E-state index contributed by atoms with van der Waals surface area (Å²) in [6.07, 6.45) is 2.23. The standard InChI is InChI=1S/C24H39NO4/c1-9-13-28-25-22(5,6)15-19(16-23(25,7)8)29-21(26)24(27,10-2)20-12-11-17(3)14-18(20)4/h11-12,14,19,27H,9-10,13,15-16H2,1-8H3. The molecule has 1 aromatic rings. The van der Waals surface area contributed by atoms with Gasteiger partial charge in [0.15, 0.2) is 5.60 Å². The molecule has 0 aromatic heterocycles. The molecular formula is C24H39NO4. The van der Waals surface area contributed by atoms with E-state index in [2.05, 4.69) is 39.7 Å². The van der Waals surface area contributed by atoms with Crippen molar-refractivity contribution in [3.05, 3.63) is 34.9 Å². The first-order valence-electron chi connectivity index (χ1n) is 10.8. The highest BCUT2D eigenvalue weighted by molar-refractivity contribution is 5.81. The number of nitrogens with zero attached hydrogens (tertiary/aromatic N) is 1. The summed E-state index contributed by atoms with van der Waals surface area (Å²) in [7, 11) is 0. The van der Waals surface area contributed by atoms with Gasteiger partial charge in [0.2, 0.25) is 0 Å². The maximum absolute atomic E-state index is 13.2. The van der Waals surface area contributed by atoms with Crippen LogP contribution in [0.5, 0.6) is 0 Å². The fourth-order valence-electron chi connectivity index (χ4n) is 4.76. The van der Waals surface area contributed by atoms with Crippen molar-refractivity contribution in [2.45, 2.75) is 104 Å². The number of aryl methyl sites for hydroxylation is 2. The number of ether oxygens (including phenoxy) is 1. The third-order valence-electron chi connectivity index (χ3n) is 5.93. The van der Waals surface area contributed by atoms with E-state index in [9.17, 15) is 9.90 Å². The Kier molecular flexibility index (Phi) is 7.19. The van der Waals surface area contributed by atoms with Gasteiger partial charge in [0, 0.05) is 23.9 Å². The molecule has 2 rings (SSSR count). The molecule has 0 aliphatic carbocycles. The molecule has 1 aromatic carbocycles. The van der Waals surface area contributed by atoms with Gasteiger partial charge in [0.25, 0.3) is 0 Å². The number of benzene rings is 1. The number of aliphatic hydroxyl groups is 1. The predicted octanol–water partition coefficient (Wildman–Crippen LogP) is 4.81. The van der Waals surface area contributed by atoms with Crippen LogP contribution in [0.1, 0.15) is 83.9 Å². The minimum absolute atomic E-state index is 0.265. The largest absolute Gasteiger partial charge is 0.460 e. The first kappa shape index (κ1) is 23.8. The maximum atomic E-state index is 13.2. The lowest BCUT2D eigenvalue weighted by Crippen LogP contribution is -2.62. The number of hydrogen-bond acceptors (Lipinski definition) is 5. The van der Waals surface area contributed by atoms with E-state index in [0.717, 1.165) is 17.5 Å². The van der Waals surface area contributed by atoms with Gasteiger partial charge in [-0.05, 0) is 65.5 Å². The van der Waals surface area contributed by atoms with Crippen LogP contribution >= 0.6 is 0 Å². The summed E-state index contributed by atoms with van der Waals surface area (Å²) in [5.41, 5.74) is 0.411. The fourth-order valence-corrected chi connectivity index (χ4v) is 4.76. The molecule has 1 N–H and O–H groups in total. The van der Waals surface area contributed by atoms with Crippen molar-refractivity contribution in [3.8, 4) is 0 Å². The quantitative estimate of drug-likeness (QED) is 0.660. The fraction of sp³-hybridized carbons (Fsp3) is 0.708. The number of hydrogen-bond donors (Lipinski definition) is 1. The Balaban J connectivity index is 2.23. The molecule has 0 saturated carbocycles. The van der Waals surface area contributed by atoms with Gasteiger partial charge in [-0.25, -0.2) is 4.79 Å². The summed E-state index contributed by atoms with van der Waals surface area (Å²) >= 11 is 0. The van der Waals surface area contributed by atoms with E-state index >= 15 is 0 Å². The molecule has 1 heterocycles. The molecule has 5 heteroatoms. The second kappa shape index (κ2) is 8.75. The van der Waals surface area contributed by atoms with Crippen molar-refractivity contribution in [2.75, 3.05) is 6.61 Å². The summed E-state index contributed by atoms with van der Waals surface area (Å²) in [4.78, 5) is 19.2. The molecule has 164 valence electrons. The van der Waals surface area contributed by atoms with Gasteiger partial charge in [-0.15, -0.1) is 0 Å². The van der Waals surface area contributed by atoms with Crippen LogP contribution in [0.2, 0.25) is 0 Å². The second-order valence-electron chi connectivity index (χ2n) is 9.72. The number of rotatable bonds is 7. The van der Waals surface area contributed by atoms with Crippen LogP contribution in [0, 0.1) is 13.8 Å². The van der Waals surface area contributed by atoms with Crippen LogP contribution in [-0.2, 0) is 20.0 Å². The predicted molar refractivity (Wildman–Crippen MR) is 115 cm³/mol. The van der Waals surface area contributed by atoms with E-state index < -0.39 is 11.6 Å². The molecule has 0 radical (unpaired) electrons. The molecule has 0 bridgehead atoms. The van der Waals surface area contributed by atoms with Gasteiger partial charge in [0.05, 0.1) is 6.61 Å².